The van der Waals surface area contributed by atoms with Gasteiger partial charge in [0.1, 0.15) is 13.2 Å². The third kappa shape index (κ3) is 59.6. The van der Waals surface area contributed by atoms with Gasteiger partial charge in [-0.05, 0) is 83.5 Å². The Bertz CT molecular complexity index is 1360. The van der Waals surface area contributed by atoms with Gasteiger partial charge in [0.15, 0.2) is 6.10 Å². The Morgan fingerprint density at radius 3 is 0.877 bits per heavy atom. The summed E-state index contributed by atoms with van der Waals surface area (Å²) in [6.07, 6.45) is 79.2. The average molecular weight is 1020 g/mol. The Kier molecular flexibility index (Phi) is 58.7. The van der Waals surface area contributed by atoms with Crippen molar-refractivity contribution in [2.75, 3.05) is 13.2 Å². The fourth-order valence-electron chi connectivity index (χ4n) is 8.95. The Hall–Kier alpha value is -3.15. The monoisotopic (exact) mass is 1020 g/mol. The van der Waals surface area contributed by atoms with Gasteiger partial charge < -0.3 is 14.2 Å². The molecule has 422 valence electrons. The molecular formula is C67H118O6. The van der Waals surface area contributed by atoms with Gasteiger partial charge in [-0.1, -0.05) is 286 Å². The van der Waals surface area contributed by atoms with Crippen LogP contribution >= 0.6 is 0 Å². The van der Waals surface area contributed by atoms with E-state index < -0.39 is 6.10 Å². The van der Waals surface area contributed by atoms with Crippen molar-refractivity contribution < 1.29 is 28.6 Å². The van der Waals surface area contributed by atoms with E-state index in [1.54, 1.807) is 0 Å². The minimum Gasteiger partial charge on any atom is -0.462 e. The van der Waals surface area contributed by atoms with Crippen molar-refractivity contribution in [3.8, 4) is 0 Å². The van der Waals surface area contributed by atoms with Gasteiger partial charge in [-0.25, -0.2) is 0 Å². The van der Waals surface area contributed by atoms with Crippen molar-refractivity contribution in [1.29, 1.82) is 0 Å². The highest BCUT2D eigenvalue weighted by Crippen LogP contribution is 2.17. The number of allylic oxidation sites excluding steroid dienone is 12. The normalized spacial score (nSPS) is 12.5. The van der Waals surface area contributed by atoms with Gasteiger partial charge in [-0.3, -0.25) is 14.4 Å². The minimum atomic E-state index is -0.816. The summed E-state index contributed by atoms with van der Waals surface area (Å²) in [5.41, 5.74) is 0. The van der Waals surface area contributed by atoms with Crippen LogP contribution in [0.3, 0.4) is 0 Å². The molecule has 0 saturated carbocycles. The van der Waals surface area contributed by atoms with Gasteiger partial charge >= 0.3 is 17.9 Å². The quantitative estimate of drug-likeness (QED) is 0.0261. The van der Waals surface area contributed by atoms with Crippen molar-refractivity contribution in [2.24, 2.45) is 0 Å². The number of hydrogen-bond donors (Lipinski definition) is 0. The van der Waals surface area contributed by atoms with Gasteiger partial charge in [0.05, 0.1) is 0 Å². The topological polar surface area (TPSA) is 78.9 Å². The molecule has 0 saturated heterocycles. The lowest BCUT2D eigenvalue weighted by Crippen LogP contribution is -2.30. The third-order valence-electron chi connectivity index (χ3n) is 13.7. The molecular weight excluding hydrogens is 901 g/mol. The van der Waals surface area contributed by atoms with Gasteiger partial charge in [0.2, 0.25) is 0 Å². The lowest BCUT2D eigenvalue weighted by molar-refractivity contribution is -0.166. The van der Waals surface area contributed by atoms with Crippen LogP contribution < -0.4 is 0 Å². The highest BCUT2D eigenvalue weighted by Gasteiger charge is 2.19. The van der Waals surface area contributed by atoms with Crippen molar-refractivity contribution in [3.63, 3.8) is 0 Å². The standard InChI is InChI=1S/C67H118O6/c1-4-7-10-13-16-19-22-25-28-30-32-33-35-36-39-42-45-48-51-54-57-60-66(69)72-63-64(62-71-65(68)59-56-53-50-47-44-41-38-27-24-21-18-15-12-9-6-3)73-67(70)61-58-55-52-49-46-43-40-37-34-31-29-26-23-20-17-14-11-8-5-2/h17,20-21,24,26,29,34,37,43,46,52,55,64H,4-16,18-19,22-23,25,27-28,30-33,35-36,38-42,44-45,47-51,53-54,56-63H2,1-3H3/b20-17-,24-21-,29-26-,37-34-,46-43-,55-52-/t64-/m1/s1. The molecule has 0 aliphatic carbocycles. The number of unbranched alkanes of at least 4 members (excludes halogenated alkanes) is 34. The maximum Gasteiger partial charge on any atom is 0.306 e. The molecule has 0 unspecified atom stereocenters. The summed E-state index contributed by atoms with van der Waals surface area (Å²) >= 11 is 0. The Morgan fingerprint density at radius 2 is 0.521 bits per heavy atom. The SMILES string of the molecule is CCCCC/C=C\C/C=C\C/C=C\C/C=C\C/C=C\CCC(=O)O[C@H](COC(=O)CCCCCCCCC/C=C\CCCCCC)COC(=O)CCCCCCCCCCCCCCCCCCCCCCC. The molecule has 0 fully saturated rings. The van der Waals surface area contributed by atoms with E-state index in [4.69, 9.17) is 14.2 Å². The first-order chi connectivity index (χ1) is 36.0. The molecule has 0 aliphatic heterocycles. The molecule has 0 heterocycles. The second-order valence-electron chi connectivity index (χ2n) is 21.0. The molecule has 0 N–H and O–H groups in total. The number of carbonyl (C=O) groups excluding carboxylic acids is 3. The zero-order chi connectivity index (χ0) is 52.9. The predicted octanol–water partition coefficient (Wildman–Crippen LogP) is 21.3. The number of esters is 3. The lowest BCUT2D eigenvalue weighted by Gasteiger charge is -2.18. The second-order valence-corrected chi connectivity index (χ2v) is 21.0. The van der Waals surface area contributed by atoms with Gasteiger partial charge in [0, 0.05) is 19.3 Å². The van der Waals surface area contributed by atoms with E-state index in [-0.39, 0.29) is 37.5 Å². The summed E-state index contributed by atoms with van der Waals surface area (Å²) in [7, 11) is 0. The molecule has 0 aliphatic rings. The molecule has 0 bridgehead atoms. The van der Waals surface area contributed by atoms with Crippen molar-refractivity contribution in [2.45, 2.75) is 322 Å². The number of ether oxygens (including phenoxy) is 3. The summed E-state index contributed by atoms with van der Waals surface area (Å²) in [4.78, 5) is 38.2. The van der Waals surface area contributed by atoms with Crippen molar-refractivity contribution in [1.82, 2.24) is 0 Å². The first-order valence-electron chi connectivity index (χ1n) is 31.4. The highest BCUT2D eigenvalue weighted by molar-refractivity contribution is 5.71. The number of carbonyl (C=O) groups is 3. The van der Waals surface area contributed by atoms with E-state index in [0.717, 1.165) is 64.2 Å². The summed E-state index contributed by atoms with van der Waals surface area (Å²) < 4.78 is 16.8. The van der Waals surface area contributed by atoms with Crippen LogP contribution in [0.5, 0.6) is 0 Å². The minimum absolute atomic E-state index is 0.103. The summed E-state index contributed by atoms with van der Waals surface area (Å²) in [5, 5.41) is 0. The molecule has 73 heavy (non-hydrogen) atoms. The predicted molar refractivity (Wildman–Crippen MR) is 316 cm³/mol. The number of hydrogen-bond acceptors (Lipinski definition) is 6. The van der Waals surface area contributed by atoms with Gasteiger partial charge in [-0.2, -0.15) is 0 Å². The Morgan fingerprint density at radius 1 is 0.274 bits per heavy atom. The highest BCUT2D eigenvalue weighted by atomic mass is 16.6. The van der Waals surface area contributed by atoms with Crippen LogP contribution in [0.4, 0.5) is 0 Å². The molecule has 0 rings (SSSR count). The molecule has 0 aromatic carbocycles. The Labute approximate surface area is 453 Å². The van der Waals surface area contributed by atoms with E-state index in [9.17, 15) is 14.4 Å². The zero-order valence-corrected chi connectivity index (χ0v) is 48.4. The molecule has 6 heteroatoms. The molecule has 1 atom stereocenters. The number of rotatable bonds is 57. The van der Waals surface area contributed by atoms with Gasteiger partial charge in [-0.15, -0.1) is 0 Å². The van der Waals surface area contributed by atoms with Crippen molar-refractivity contribution in [3.05, 3.63) is 72.9 Å². The second kappa shape index (κ2) is 61.4. The van der Waals surface area contributed by atoms with E-state index in [1.165, 1.54) is 205 Å². The van der Waals surface area contributed by atoms with Crippen molar-refractivity contribution >= 4 is 17.9 Å². The fourth-order valence-corrected chi connectivity index (χ4v) is 8.95. The first kappa shape index (κ1) is 69.8. The summed E-state index contributed by atoms with van der Waals surface area (Å²) in [5.74, 6) is -0.977. The fraction of sp³-hybridized carbons (Fsp3) is 0.776. The molecule has 0 aromatic heterocycles. The smallest absolute Gasteiger partial charge is 0.306 e. The Balaban J connectivity index is 4.43. The van der Waals surface area contributed by atoms with Gasteiger partial charge in [0.25, 0.3) is 0 Å². The van der Waals surface area contributed by atoms with E-state index in [1.807, 2.05) is 6.08 Å². The van der Waals surface area contributed by atoms with Crippen LogP contribution in [-0.4, -0.2) is 37.2 Å². The van der Waals surface area contributed by atoms with Crippen LogP contribution in [0.25, 0.3) is 0 Å². The average Bonchev–Trinajstić information content (AvgIpc) is 3.39. The van der Waals surface area contributed by atoms with Crippen LogP contribution in [0.15, 0.2) is 72.9 Å². The molecule has 0 amide bonds. The van der Waals surface area contributed by atoms with Crippen LogP contribution in [0.1, 0.15) is 316 Å². The van der Waals surface area contributed by atoms with Crippen LogP contribution in [0.2, 0.25) is 0 Å². The molecule has 0 aromatic rings. The summed E-state index contributed by atoms with van der Waals surface area (Å²) in [6.45, 7) is 6.58. The van der Waals surface area contributed by atoms with Crippen LogP contribution in [-0.2, 0) is 28.6 Å². The zero-order valence-electron chi connectivity index (χ0n) is 48.4. The summed E-state index contributed by atoms with van der Waals surface area (Å²) in [6, 6.07) is 0. The molecule has 0 radical (unpaired) electrons. The maximum absolute atomic E-state index is 12.9. The van der Waals surface area contributed by atoms with E-state index in [2.05, 4.69) is 87.6 Å². The van der Waals surface area contributed by atoms with E-state index in [0.29, 0.717) is 19.3 Å². The maximum atomic E-state index is 12.9. The largest absolute Gasteiger partial charge is 0.462 e. The molecule has 0 spiro atoms. The molecule has 6 nitrogen and oxygen atoms in total. The van der Waals surface area contributed by atoms with E-state index >= 15 is 0 Å². The first-order valence-corrected chi connectivity index (χ1v) is 31.4. The van der Waals surface area contributed by atoms with Crippen LogP contribution in [0, 0.1) is 0 Å². The third-order valence-corrected chi connectivity index (χ3v) is 13.7. The lowest BCUT2D eigenvalue weighted by atomic mass is 10.0.